The third-order valence-electron chi connectivity index (χ3n) is 1.86. The van der Waals surface area contributed by atoms with E-state index in [2.05, 4.69) is 0 Å². The van der Waals surface area contributed by atoms with Crippen molar-refractivity contribution in [1.82, 2.24) is 0 Å². The van der Waals surface area contributed by atoms with Gasteiger partial charge in [0.15, 0.2) is 0 Å². The van der Waals surface area contributed by atoms with Crippen molar-refractivity contribution in [3.63, 3.8) is 0 Å². The standard InChI is InChI=1S/C9H10Cl3NO/c1-14-7-3-2-5(6(13)4-10)8(11)9(7)12/h2-3,6H,4,13H2,1H3. The number of ether oxygens (including phenoxy) is 1. The van der Waals surface area contributed by atoms with Gasteiger partial charge in [-0.25, -0.2) is 0 Å². The van der Waals surface area contributed by atoms with Crippen LogP contribution in [0.2, 0.25) is 10.0 Å². The second-order valence-electron chi connectivity index (χ2n) is 2.75. The molecule has 0 aliphatic carbocycles. The molecular weight excluding hydrogens is 244 g/mol. The van der Waals surface area contributed by atoms with Crippen molar-refractivity contribution in [3.8, 4) is 5.75 Å². The molecule has 1 aromatic rings. The molecule has 0 saturated carbocycles. The first kappa shape index (κ1) is 11.9. The fraction of sp³-hybridized carbons (Fsp3) is 0.333. The molecule has 0 fully saturated rings. The Bertz CT molecular complexity index is 330. The average molecular weight is 255 g/mol. The van der Waals surface area contributed by atoms with Crippen LogP contribution in [0.3, 0.4) is 0 Å². The Kier molecular flexibility index (Phi) is 4.32. The van der Waals surface area contributed by atoms with Gasteiger partial charge in [-0.05, 0) is 11.6 Å². The first-order chi connectivity index (χ1) is 6.61. The molecule has 0 aliphatic rings. The van der Waals surface area contributed by atoms with E-state index in [9.17, 15) is 0 Å². The molecule has 0 radical (unpaired) electrons. The quantitative estimate of drug-likeness (QED) is 0.841. The zero-order valence-electron chi connectivity index (χ0n) is 7.56. The van der Waals surface area contributed by atoms with Crippen molar-refractivity contribution in [2.24, 2.45) is 5.73 Å². The molecule has 0 heterocycles. The Labute approximate surface area is 97.9 Å². The molecule has 0 saturated heterocycles. The van der Waals surface area contributed by atoms with Gasteiger partial charge in [0.05, 0.1) is 12.1 Å². The Morgan fingerprint density at radius 3 is 2.50 bits per heavy atom. The van der Waals surface area contributed by atoms with Gasteiger partial charge in [-0.3, -0.25) is 0 Å². The molecule has 0 spiro atoms. The molecule has 0 amide bonds. The topological polar surface area (TPSA) is 35.2 Å². The fourth-order valence-corrected chi connectivity index (χ4v) is 1.79. The predicted octanol–water partition coefficient (Wildman–Crippen LogP) is 3.24. The zero-order valence-corrected chi connectivity index (χ0v) is 9.83. The van der Waals surface area contributed by atoms with Gasteiger partial charge in [0.2, 0.25) is 0 Å². The summed E-state index contributed by atoms with van der Waals surface area (Å²) in [5.41, 5.74) is 6.47. The lowest BCUT2D eigenvalue weighted by Crippen LogP contribution is -2.12. The van der Waals surface area contributed by atoms with Crippen LogP contribution in [-0.4, -0.2) is 13.0 Å². The number of hydrogen-bond acceptors (Lipinski definition) is 2. The van der Waals surface area contributed by atoms with Gasteiger partial charge in [0, 0.05) is 11.9 Å². The predicted molar refractivity (Wildman–Crippen MR) is 60.7 cm³/mol. The number of alkyl halides is 1. The molecule has 1 rings (SSSR count). The fourth-order valence-electron chi connectivity index (χ4n) is 1.07. The van der Waals surface area contributed by atoms with Gasteiger partial charge >= 0.3 is 0 Å². The number of rotatable bonds is 3. The average Bonchev–Trinajstić information content (AvgIpc) is 2.21. The van der Waals surface area contributed by atoms with Gasteiger partial charge in [-0.15, -0.1) is 11.6 Å². The highest BCUT2D eigenvalue weighted by Gasteiger charge is 2.14. The van der Waals surface area contributed by atoms with E-state index < -0.39 is 0 Å². The van der Waals surface area contributed by atoms with Crippen LogP contribution in [0, 0.1) is 0 Å². The van der Waals surface area contributed by atoms with Crippen molar-refractivity contribution in [1.29, 1.82) is 0 Å². The minimum Gasteiger partial charge on any atom is -0.495 e. The number of methoxy groups -OCH3 is 1. The van der Waals surface area contributed by atoms with Gasteiger partial charge in [0.1, 0.15) is 10.8 Å². The van der Waals surface area contributed by atoms with Crippen LogP contribution in [0.5, 0.6) is 5.75 Å². The summed E-state index contributed by atoms with van der Waals surface area (Å²) in [6, 6.07) is 3.17. The second kappa shape index (κ2) is 5.08. The molecule has 2 N–H and O–H groups in total. The summed E-state index contributed by atoms with van der Waals surface area (Å²) in [5, 5.41) is 0.770. The summed E-state index contributed by atoms with van der Waals surface area (Å²) in [6.45, 7) is 0. The highest BCUT2D eigenvalue weighted by atomic mass is 35.5. The van der Waals surface area contributed by atoms with Crippen LogP contribution in [0.15, 0.2) is 12.1 Å². The van der Waals surface area contributed by atoms with E-state index in [1.54, 1.807) is 12.1 Å². The van der Waals surface area contributed by atoms with Crippen LogP contribution in [0.1, 0.15) is 11.6 Å². The Morgan fingerprint density at radius 1 is 1.36 bits per heavy atom. The summed E-state index contributed by atoms with van der Waals surface area (Å²) in [7, 11) is 1.53. The Morgan fingerprint density at radius 2 is 2.00 bits per heavy atom. The van der Waals surface area contributed by atoms with Crippen LogP contribution >= 0.6 is 34.8 Å². The lowest BCUT2D eigenvalue weighted by molar-refractivity contribution is 0.415. The molecule has 1 atom stereocenters. The first-order valence-electron chi connectivity index (χ1n) is 3.95. The monoisotopic (exact) mass is 253 g/mol. The lowest BCUT2D eigenvalue weighted by Gasteiger charge is -2.13. The third-order valence-corrected chi connectivity index (χ3v) is 3.07. The number of halogens is 3. The highest BCUT2D eigenvalue weighted by molar-refractivity contribution is 6.43. The van der Waals surface area contributed by atoms with Gasteiger partial charge in [-0.2, -0.15) is 0 Å². The van der Waals surface area contributed by atoms with Gasteiger partial charge < -0.3 is 10.5 Å². The molecule has 5 heteroatoms. The maximum atomic E-state index is 6.00. The summed E-state index contributed by atoms with van der Waals surface area (Å²) in [5.74, 6) is 0.824. The van der Waals surface area contributed by atoms with E-state index in [0.29, 0.717) is 21.7 Å². The number of nitrogens with two attached hydrogens (primary N) is 1. The minimum absolute atomic E-state index is 0.294. The summed E-state index contributed by atoms with van der Waals surface area (Å²) in [6.07, 6.45) is 0. The van der Waals surface area contributed by atoms with Crippen LogP contribution in [-0.2, 0) is 0 Å². The highest BCUT2D eigenvalue weighted by Crippen LogP contribution is 2.36. The van der Waals surface area contributed by atoms with Crippen LogP contribution < -0.4 is 10.5 Å². The molecule has 0 aliphatic heterocycles. The Balaban J connectivity index is 3.17. The Hall–Kier alpha value is -0.150. The number of benzene rings is 1. The normalized spacial score (nSPS) is 12.6. The lowest BCUT2D eigenvalue weighted by atomic mass is 10.1. The molecule has 14 heavy (non-hydrogen) atoms. The van der Waals surface area contributed by atoms with Crippen LogP contribution in [0.25, 0.3) is 0 Å². The zero-order chi connectivity index (χ0) is 10.7. The van der Waals surface area contributed by atoms with E-state index in [4.69, 9.17) is 45.3 Å². The second-order valence-corrected chi connectivity index (χ2v) is 3.81. The van der Waals surface area contributed by atoms with E-state index in [-0.39, 0.29) is 6.04 Å². The van der Waals surface area contributed by atoms with E-state index in [0.717, 1.165) is 5.56 Å². The summed E-state index contributed by atoms with van der Waals surface area (Å²) in [4.78, 5) is 0. The van der Waals surface area contributed by atoms with Crippen LogP contribution in [0.4, 0.5) is 0 Å². The first-order valence-corrected chi connectivity index (χ1v) is 5.24. The van der Waals surface area contributed by atoms with Crippen molar-refractivity contribution in [3.05, 3.63) is 27.7 Å². The smallest absolute Gasteiger partial charge is 0.139 e. The summed E-state index contributed by atoms with van der Waals surface area (Å²) < 4.78 is 5.00. The van der Waals surface area contributed by atoms with Crippen molar-refractivity contribution < 1.29 is 4.74 Å². The molecule has 78 valence electrons. The van der Waals surface area contributed by atoms with E-state index in [1.807, 2.05) is 0 Å². The molecule has 0 bridgehead atoms. The van der Waals surface area contributed by atoms with E-state index >= 15 is 0 Å². The maximum Gasteiger partial charge on any atom is 0.139 e. The molecule has 2 nitrogen and oxygen atoms in total. The van der Waals surface area contributed by atoms with Crippen molar-refractivity contribution in [2.45, 2.75) is 6.04 Å². The largest absolute Gasteiger partial charge is 0.495 e. The van der Waals surface area contributed by atoms with Crippen molar-refractivity contribution >= 4 is 34.8 Å². The third kappa shape index (κ3) is 2.26. The SMILES string of the molecule is COc1ccc(C(N)CCl)c(Cl)c1Cl. The number of hydrogen-bond donors (Lipinski definition) is 1. The molecule has 1 aromatic carbocycles. The maximum absolute atomic E-state index is 6.00. The van der Waals surface area contributed by atoms with Gasteiger partial charge in [0.25, 0.3) is 0 Å². The van der Waals surface area contributed by atoms with Gasteiger partial charge in [-0.1, -0.05) is 29.3 Å². The summed E-state index contributed by atoms with van der Waals surface area (Å²) >= 11 is 17.6. The molecule has 1 unspecified atom stereocenters. The molecular formula is C9H10Cl3NO. The van der Waals surface area contributed by atoms with E-state index in [1.165, 1.54) is 7.11 Å². The van der Waals surface area contributed by atoms with Crippen molar-refractivity contribution in [2.75, 3.05) is 13.0 Å². The minimum atomic E-state index is -0.312. The molecule has 0 aromatic heterocycles.